The quantitative estimate of drug-likeness (QED) is 0.902. The topological polar surface area (TPSA) is 75.8 Å². The van der Waals surface area contributed by atoms with Crippen LogP contribution >= 0.6 is 0 Å². The summed E-state index contributed by atoms with van der Waals surface area (Å²) in [5, 5.41) is 12.9. The molecular weight excluding hydrogens is 260 g/mol. The summed E-state index contributed by atoms with van der Waals surface area (Å²) in [6, 6.07) is 11.1. The Labute approximate surface area is 115 Å². The molecule has 1 fully saturated rings. The van der Waals surface area contributed by atoms with Crippen LogP contribution in [0.25, 0.3) is 0 Å². The van der Waals surface area contributed by atoms with Gasteiger partial charge in [-0.2, -0.15) is 0 Å². The number of aliphatic hydroxyl groups is 1. The number of amides is 1. The van der Waals surface area contributed by atoms with Gasteiger partial charge in [0.1, 0.15) is 6.61 Å². The van der Waals surface area contributed by atoms with Crippen molar-refractivity contribution in [3.63, 3.8) is 0 Å². The Hall–Kier alpha value is -2.34. The van der Waals surface area contributed by atoms with Crippen LogP contribution in [-0.4, -0.2) is 40.3 Å². The lowest BCUT2D eigenvalue weighted by Crippen LogP contribution is -2.53. The highest BCUT2D eigenvalue weighted by atomic mass is 16.5. The van der Waals surface area contributed by atoms with Crippen LogP contribution < -0.4 is 4.74 Å². The molecule has 1 aliphatic rings. The molecule has 1 amide bonds. The van der Waals surface area contributed by atoms with Crippen LogP contribution in [0.4, 0.5) is 0 Å². The van der Waals surface area contributed by atoms with Gasteiger partial charge in [0.15, 0.2) is 0 Å². The average molecular weight is 274 g/mol. The first-order valence-electron chi connectivity index (χ1n) is 6.33. The molecule has 1 N–H and O–H groups in total. The van der Waals surface area contributed by atoms with Crippen molar-refractivity contribution in [1.29, 1.82) is 0 Å². The number of nitrogens with zero attached hydrogens (tertiary/aromatic N) is 2. The Morgan fingerprint density at radius 1 is 1.40 bits per heavy atom. The number of hydrogen-bond donors (Lipinski definition) is 1. The van der Waals surface area contributed by atoms with Gasteiger partial charge >= 0.3 is 0 Å². The number of benzene rings is 1. The van der Waals surface area contributed by atoms with Crippen molar-refractivity contribution in [3.05, 3.63) is 47.7 Å². The number of hydrogen-bond acceptors (Lipinski definition) is 5. The summed E-state index contributed by atoms with van der Waals surface area (Å²) >= 11 is 0. The van der Waals surface area contributed by atoms with Crippen LogP contribution in [-0.2, 0) is 6.61 Å². The minimum Gasteiger partial charge on any atom is -0.471 e. The second kappa shape index (κ2) is 5.34. The fourth-order valence-corrected chi connectivity index (χ4v) is 1.94. The van der Waals surface area contributed by atoms with Crippen molar-refractivity contribution >= 4 is 5.91 Å². The van der Waals surface area contributed by atoms with E-state index in [1.165, 1.54) is 11.0 Å². The normalized spacial score (nSPS) is 14.9. The Balaban J connectivity index is 1.58. The first-order valence-corrected chi connectivity index (χ1v) is 6.33. The monoisotopic (exact) mass is 274 g/mol. The van der Waals surface area contributed by atoms with Gasteiger partial charge in [0.25, 0.3) is 11.8 Å². The lowest BCUT2D eigenvalue weighted by molar-refractivity contribution is 0.00340. The van der Waals surface area contributed by atoms with Crippen molar-refractivity contribution in [3.8, 4) is 5.88 Å². The minimum atomic E-state index is -0.435. The summed E-state index contributed by atoms with van der Waals surface area (Å²) < 4.78 is 10.4. The average Bonchev–Trinajstić information content (AvgIpc) is 2.91. The molecule has 0 spiro atoms. The van der Waals surface area contributed by atoms with Gasteiger partial charge in [-0.25, -0.2) is 0 Å². The maximum absolute atomic E-state index is 11.9. The van der Waals surface area contributed by atoms with Gasteiger partial charge in [-0.3, -0.25) is 4.79 Å². The second-order valence-electron chi connectivity index (χ2n) is 4.67. The van der Waals surface area contributed by atoms with Gasteiger partial charge in [0, 0.05) is 13.1 Å². The molecule has 2 aromatic rings. The summed E-state index contributed by atoms with van der Waals surface area (Å²) in [4.78, 5) is 13.4. The first-order chi connectivity index (χ1) is 9.72. The lowest BCUT2D eigenvalue weighted by Gasteiger charge is -2.34. The highest BCUT2D eigenvalue weighted by Gasteiger charge is 2.31. The zero-order chi connectivity index (χ0) is 13.9. The van der Waals surface area contributed by atoms with Gasteiger partial charge in [-0.15, -0.1) is 0 Å². The summed E-state index contributed by atoms with van der Waals surface area (Å²) in [5.41, 5.74) is 1.01. The Kier molecular flexibility index (Phi) is 3.39. The summed E-state index contributed by atoms with van der Waals surface area (Å²) in [6.45, 7) is 1.03. The number of aliphatic hydroxyl groups excluding tert-OH is 1. The molecule has 2 heterocycles. The number of ether oxygens (including phenoxy) is 1. The number of rotatable bonds is 4. The van der Waals surface area contributed by atoms with E-state index in [-0.39, 0.29) is 17.5 Å². The molecule has 0 bridgehead atoms. The van der Waals surface area contributed by atoms with Crippen LogP contribution in [0.3, 0.4) is 0 Å². The highest BCUT2D eigenvalue weighted by molar-refractivity contribution is 5.92. The van der Waals surface area contributed by atoms with Gasteiger partial charge < -0.3 is 19.3 Å². The van der Waals surface area contributed by atoms with E-state index in [2.05, 4.69) is 5.16 Å². The highest BCUT2D eigenvalue weighted by Crippen LogP contribution is 2.18. The van der Waals surface area contributed by atoms with E-state index in [1.807, 2.05) is 30.3 Å². The minimum absolute atomic E-state index is 0.125. The SMILES string of the molecule is O=C(c1cc(OCc2ccccc2)no1)N1CC(O)C1. The second-order valence-corrected chi connectivity index (χ2v) is 4.67. The molecule has 1 saturated heterocycles. The molecule has 6 heteroatoms. The van der Waals surface area contributed by atoms with Gasteiger partial charge in [0.2, 0.25) is 5.76 Å². The molecule has 0 unspecified atom stereocenters. The fourth-order valence-electron chi connectivity index (χ4n) is 1.94. The first kappa shape index (κ1) is 12.7. The third-order valence-electron chi connectivity index (χ3n) is 3.08. The zero-order valence-corrected chi connectivity index (χ0v) is 10.7. The number of carbonyl (C=O) groups excluding carboxylic acids is 1. The number of carbonyl (C=O) groups is 1. The molecule has 0 atom stereocenters. The Morgan fingerprint density at radius 3 is 2.85 bits per heavy atom. The molecular formula is C14H14N2O4. The van der Waals surface area contributed by atoms with Crippen molar-refractivity contribution < 1.29 is 19.2 Å². The van der Waals surface area contributed by atoms with Crippen molar-refractivity contribution in [2.45, 2.75) is 12.7 Å². The molecule has 0 saturated carbocycles. The summed E-state index contributed by atoms with van der Waals surface area (Å²) in [6.07, 6.45) is -0.435. The van der Waals surface area contributed by atoms with Gasteiger partial charge in [0.05, 0.1) is 12.2 Å². The molecule has 1 aromatic heterocycles. The van der Waals surface area contributed by atoms with E-state index in [9.17, 15) is 4.79 Å². The number of β-amino-alcohol motifs (C(OH)–C–C–N with tert-alkyl or cyclic N) is 1. The van der Waals surface area contributed by atoms with E-state index in [4.69, 9.17) is 14.4 Å². The fraction of sp³-hybridized carbons (Fsp3) is 0.286. The molecule has 0 aliphatic carbocycles. The third kappa shape index (κ3) is 2.65. The van der Waals surface area contributed by atoms with Crippen molar-refractivity contribution in [2.24, 2.45) is 0 Å². The summed E-state index contributed by atoms with van der Waals surface area (Å²) in [7, 11) is 0. The molecule has 0 radical (unpaired) electrons. The van der Waals surface area contributed by atoms with Crippen LogP contribution in [0.1, 0.15) is 16.1 Å². The number of likely N-dealkylation sites (tertiary alicyclic amines) is 1. The predicted octanol–water partition coefficient (Wildman–Crippen LogP) is 1.07. The lowest BCUT2D eigenvalue weighted by atomic mass is 10.1. The van der Waals surface area contributed by atoms with E-state index >= 15 is 0 Å². The van der Waals surface area contributed by atoms with Gasteiger partial charge in [-0.05, 0) is 10.7 Å². The van der Waals surface area contributed by atoms with Gasteiger partial charge in [-0.1, -0.05) is 30.3 Å². The predicted molar refractivity (Wildman–Crippen MR) is 69.2 cm³/mol. The maximum Gasteiger partial charge on any atom is 0.292 e. The molecule has 3 rings (SSSR count). The van der Waals surface area contributed by atoms with E-state index in [0.29, 0.717) is 19.7 Å². The zero-order valence-electron chi connectivity index (χ0n) is 10.7. The smallest absolute Gasteiger partial charge is 0.292 e. The van der Waals surface area contributed by atoms with Crippen LogP contribution in [0.15, 0.2) is 40.9 Å². The largest absolute Gasteiger partial charge is 0.471 e. The third-order valence-corrected chi connectivity index (χ3v) is 3.08. The Morgan fingerprint density at radius 2 is 2.15 bits per heavy atom. The van der Waals surface area contributed by atoms with Crippen LogP contribution in [0, 0.1) is 0 Å². The number of aromatic nitrogens is 1. The summed E-state index contributed by atoms with van der Waals surface area (Å²) in [5.74, 6) is 0.121. The van der Waals surface area contributed by atoms with E-state index in [0.717, 1.165) is 5.56 Å². The molecule has 6 nitrogen and oxygen atoms in total. The maximum atomic E-state index is 11.9. The van der Waals surface area contributed by atoms with Crippen molar-refractivity contribution in [1.82, 2.24) is 10.1 Å². The van der Waals surface area contributed by atoms with E-state index in [1.54, 1.807) is 0 Å². The van der Waals surface area contributed by atoms with Crippen LogP contribution in [0.5, 0.6) is 5.88 Å². The molecule has 1 aromatic carbocycles. The van der Waals surface area contributed by atoms with Crippen molar-refractivity contribution in [2.75, 3.05) is 13.1 Å². The van der Waals surface area contributed by atoms with E-state index < -0.39 is 6.10 Å². The molecule has 20 heavy (non-hydrogen) atoms. The molecule has 104 valence electrons. The Bertz CT molecular complexity index is 590. The van der Waals surface area contributed by atoms with Crippen LogP contribution in [0.2, 0.25) is 0 Å². The standard InChI is InChI=1S/C14H14N2O4/c17-11-7-16(8-11)14(18)12-6-13(15-20-12)19-9-10-4-2-1-3-5-10/h1-6,11,17H,7-9H2. The molecule has 1 aliphatic heterocycles.